The van der Waals surface area contributed by atoms with Crippen molar-refractivity contribution in [2.45, 2.75) is 13.3 Å². The Hall–Kier alpha value is -1.38. The Kier molecular flexibility index (Phi) is 2.60. The average molecular weight is 151 g/mol. The number of allylic oxidation sites excluding steroid dienone is 2. The van der Waals surface area contributed by atoms with Crippen molar-refractivity contribution >= 4 is 11.9 Å². The van der Waals surface area contributed by atoms with Gasteiger partial charge in [-0.15, -0.1) is 0 Å². The number of carbonyl (C=O) groups excluding carboxylic acids is 1. The molecule has 0 bridgehead atoms. The fraction of sp³-hybridized carbons (Fsp3) is 0.250. The predicted molar refractivity (Wildman–Crippen MR) is 40.8 cm³/mol. The molecule has 0 spiro atoms. The first-order valence-corrected chi connectivity index (χ1v) is 3.43. The minimum atomic E-state index is 0.391. The van der Waals surface area contributed by atoms with E-state index in [9.17, 15) is 4.79 Å². The molecule has 0 amide bonds. The number of carbonyl (C=O) groups is 1. The molecule has 0 radical (unpaired) electrons. The second kappa shape index (κ2) is 3.71. The minimum absolute atomic E-state index is 0.391. The van der Waals surface area contributed by atoms with Crippen LogP contribution >= 0.6 is 0 Å². The molecular weight excluding hydrogens is 142 g/mol. The Morgan fingerprint density at radius 2 is 2.64 bits per heavy atom. The molecule has 0 fully saturated rings. The summed E-state index contributed by atoms with van der Waals surface area (Å²) in [6.07, 6.45) is 6.29. The van der Waals surface area contributed by atoms with Crippen LogP contribution in [0.5, 0.6) is 0 Å². The molecular formula is C8H9NO2. The number of hydrogen-bond donors (Lipinski definition) is 0. The highest BCUT2D eigenvalue weighted by Gasteiger charge is 2.02. The molecule has 1 aromatic heterocycles. The van der Waals surface area contributed by atoms with E-state index in [-0.39, 0.29) is 0 Å². The van der Waals surface area contributed by atoms with Crippen LogP contribution in [-0.2, 0) is 4.79 Å². The highest BCUT2D eigenvalue weighted by Crippen LogP contribution is 2.08. The first kappa shape index (κ1) is 7.72. The number of nitrogens with zero attached hydrogens (tertiary/aromatic N) is 1. The maximum Gasteiger partial charge on any atom is 0.228 e. The predicted octanol–water partition coefficient (Wildman–Crippen LogP) is 1.67. The molecule has 0 aliphatic carbocycles. The van der Waals surface area contributed by atoms with Crippen molar-refractivity contribution < 1.29 is 9.21 Å². The molecule has 1 aromatic rings. The highest BCUT2D eigenvalue weighted by molar-refractivity contribution is 6.04. The number of hydrogen-bond acceptors (Lipinski definition) is 3. The monoisotopic (exact) mass is 151 g/mol. The second-order valence-electron chi connectivity index (χ2n) is 2.02. The Morgan fingerprint density at radius 1 is 1.82 bits per heavy atom. The SMILES string of the molecule is CCC=C(C=O)c1ncco1. The van der Waals surface area contributed by atoms with Gasteiger partial charge in [0, 0.05) is 0 Å². The van der Waals surface area contributed by atoms with Crippen LogP contribution in [0.15, 0.2) is 23.0 Å². The fourth-order valence-corrected chi connectivity index (χ4v) is 0.772. The molecule has 0 atom stereocenters. The highest BCUT2D eigenvalue weighted by atomic mass is 16.3. The summed E-state index contributed by atoms with van der Waals surface area (Å²) < 4.78 is 4.93. The lowest BCUT2D eigenvalue weighted by molar-refractivity contribution is -0.103. The van der Waals surface area contributed by atoms with Crippen LogP contribution in [0.4, 0.5) is 0 Å². The molecule has 58 valence electrons. The molecule has 0 unspecified atom stereocenters. The van der Waals surface area contributed by atoms with Gasteiger partial charge in [0.05, 0.1) is 11.8 Å². The molecule has 0 saturated carbocycles. The van der Waals surface area contributed by atoms with Crippen LogP contribution in [-0.4, -0.2) is 11.3 Å². The van der Waals surface area contributed by atoms with E-state index in [1.807, 2.05) is 6.92 Å². The normalized spacial score (nSPS) is 11.5. The third-order valence-corrected chi connectivity index (χ3v) is 1.23. The van der Waals surface area contributed by atoms with Crippen molar-refractivity contribution in [3.05, 3.63) is 24.4 Å². The molecule has 1 rings (SSSR count). The third-order valence-electron chi connectivity index (χ3n) is 1.23. The zero-order valence-electron chi connectivity index (χ0n) is 6.28. The maximum absolute atomic E-state index is 10.4. The van der Waals surface area contributed by atoms with Gasteiger partial charge in [-0.3, -0.25) is 4.79 Å². The summed E-state index contributed by atoms with van der Waals surface area (Å²) in [6, 6.07) is 0. The summed E-state index contributed by atoms with van der Waals surface area (Å²) in [5.74, 6) is 0.391. The van der Waals surface area contributed by atoms with Crippen molar-refractivity contribution in [3.8, 4) is 0 Å². The van der Waals surface area contributed by atoms with Crippen LogP contribution in [0.3, 0.4) is 0 Å². The van der Waals surface area contributed by atoms with Gasteiger partial charge >= 0.3 is 0 Å². The van der Waals surface area contributed by atoms with Crippen molar-refractivity contribution in [1.82, 2.24) is 4.98 Å². The lowest BCUT2D eigenvalue weighted by atomic mass is 10.2. The van der Waals surface area contributed by atoms with E-state index in [1.54, 1.807) is 6.08 Å². The summed E-state index contributed by atoms with van der Waals surface area (Å²) in [6.45, 7) is 1.95. The molecule has 0 aliphatic heterocycles. The summed E-state index contributed by atoms with van der Waals surface area (Å²) in [5.41, 5.74) is 0.512. The van der Waals surface area contributed by atoms with Gasteiger partial charge in [-0.2, -0.15) is 0 Å². The van der Waals surface area contributed by atoms with Gasteiger partial charge in [0.1, 0.15) is 6.26 Å². The van der Waals surface area contributed by atoms with E-state index in [4.69, 9.17) is 4.42 Å². The molecule has 0 aliphatic rings. The second-order valence-corrected chi connectivity index (χ2v) is 2.02. The molecule has 11 heavy (non-hydrogen) atoms. The smallest absolute Gasteiger partial charge is 0.228 e. The molecule has 1 heterocycles. The first-order valence-electron chi connectivity index (χ1n) is 3.43. The van der Waals surface area contributed by atoms with E-state index in [1.165, 1.54) is 12.5 Å². The lowest BCUT2D eigenvalue weighted by Crippen LogP contribution is -1.84. The first-order chi connectivity index (χ1) is 5.38. The van der Waals surface area contributed by atoms with Crippen LogP contribution < -0.4 is 0 Å². The van der Waals surface area contributed by atoms with Gasteiger partial charge in [0.25, 0.3) is 0 Å². The summed E-state index contributed by atoms with van der Waals surface area (Å²) in [7, 11) is 0. The number of aromatic nitrogens is 1. The molecule has 3 heteroatoms. The van der Waals surface area contributed by atoms with Gasteiger partial charge in [0.2, 0.25) is 5.89 Å². The van der Waals surface area contributed by atoms with Crippen molar-refractivity contribution in [3.63, 3.8) is 0 Å². The number of rotatable bonds is 3. The van der Waals surface area contributed by atoms with Crippen molar-refractivity contribution in [1.29, 1.82) is 0 Å². The summed E-state index contributed by atoms with van der Waals surface area (Å²) in [5, 5.41) is 0. The van der Waals surface area contributed by atoms with Crippen LogP contribution in [0.2, 0.25) is 0 Å². The molecule has 0 saturated heterocycles. The average Bonchev–Trinajstić information content (AvgIpc) is 2.52. The molecule has 3 nitrogen and oxygen atoms in total. The van der Waals surface area contributed by atoms with E-state index in [0.717, 1.165) is 12.7 Å². The van der Waals surface area contributed by atoms with Gasteiger partial charge < -0.3 is 4.42 Å². The van der Waals surface area contributed by atoms with Crippen molar-refractivity contribution in [2.75, 3.05) is 0 Å². The van der Waals surface area contributed by atoms with Gasteiger partial charge in [-0.1, -0.05) is 13.0 Å². The molecule has 0 aromatic carbocycles. The van der Waals surface area contributed by atoms with E-state index < -0.39 is 0 Å². The summed E-state index contributed by atoms with van der Waals surface area (Å²) >= 11 is 0. The zero-order valence-corrected chi connectivity index (χ0v) is 6.28. The Bertz CT molecular complexity index is 249. The largest absolute Gasteiger partial charge is 0.444 e. The standard InChI is InChI=1S/C8H9NO2/c1-2-3-7(6-10)8-9-4-5-11-8/h3-6H,2H2,1H3. The quantitative estimate of drug-likeness (QED) is 0.487. The lowest BCUT2D eigenvalue weighted by Gasteiger charge is -1.89. The number of oxazole rings is 1. The van der Waals surface area contributed by atoms with Crippen LogP contribution in [0.1, 0.15) is 19.2 Å². The third kappa shape index (κ3) is 1.77. The van der Waals surface area contributed by atoms with E-state index in [2.05, 4.69) is 4.98 Å². The van der Waals surface area contributed by atoms with Gasteiger partial charge in [-0.25, -0.2) is 4.98 Å². The fourth-order valence-electron chi connectivity index (χ4n) is 0.772. The van der Waals surface area contributed by atoms with E-state index in [0.29, 0.717) is 11.5 Å². The summed E-state index contributed by atoms with van der Waals surface area (Å²) in [4.78, 5) is 14.3. The van der Waals surface area contributed by atoms with Gasteiger partial charge in [-0.05, 0) is 6.42 Å². The maximum atomic E-state index is 10.4. The molecule has 0 N–H and O–H groups in total. The van der Waals surface area contributed by atoms with Crippen LogP contribution in [0.25, 0.3) is 5.57 Å². The zero-order chi connectivity index (χ0) is 8.10. The van der Waals surface area contributed by atoms with Crippen molar-refractivity contribution in [2.24, 2.45) is 0 Å². The van der Waals surface area contributed by atoms with E-state index >= 15 is 0 Å². The minimum Gasteiger partial charge on any atom is -0.444 e. The Morgan fingerprint density at radius 3 is 3.09 bits per heavy atom. The topological polar surface area (TPSA) is 43.1 Å². The Balaban J connectivity index is 2.88. The van der Waals surface area contributed by atoms with Gasteiger partial charge in [0.15, 0.2) is 6.29 Å². The number of aldehydes is 1. The Labute approximate surface area is 64.7 Å². The van der Waals surface area contributed by atoms with Crippen LogP contribution in [0, 0.1) is 0 Å².